The minimum atomic E-state index is -0.826. The molecule has 5 nitrogen and oxygen atoms in total. The molecular formula is C14H28N2O3. The quantitative estimate of drug-likeness (QED) is 0.722. The first-order valence-electron chi connectivity index (χ1n) is 7.22. The number of unbranched alkanes of at least 4 members (excludes halogenated alkanes) is 1. The molecule has 0 saturated heterocycles. The second-order valence-corrected chi connectivity index (χ2v) is 5.71. The Morgan fingerprint density at radius 3 is 2.32 bits per heavy atom. The summed E-state index contributed by atoms with van der Waals surface area (Å²) in [7, 11) is 5.83. The summed E-state index contributed by atoms with van der Waals surface area (Å²) in [6.07, 6.45) is 5.59. The fraction of sp³-hybridized carbons (Fsp3) is 0.929. The lowest BCUT2D eigenvalue weighted by molar-refractivity contribution is 0.00973. The molecule has 1 aliphatic rings. The van der Waals surface area contributed by atoms with E-state index in [-0.39, 0.29) is 6.04 Å². The predicted octanol–water partition coefficient (Wildman–Crippen LogP) is 2.27. The van der Waals surface area contributed by atoms with E-state index in [0.717, 1.165) is 45.3 Å². The molecule has 1 amide bonds. The van der Waals surface area contributed by atoms with Crippen LogP contribution >= 0.6 is 0 Å². The van der Waals surface area contributed by atoms with Crippen molar-refractivity contribution in [1.29, 1.82) is 0 Å². The van der Waals surface area contributed by atoms with E-state index in [2.05, 4.69) is 19.0 Å². The van der Waals surface area contributed by atoms with Crippen molar-refractivity contribution in [2.45, 2.75) is 50.7 Å². The third-order valence-corrected chi connectivity index (χ3v) is 3.85. The largest absolute Gasteiger partial charge is 0.465 e. The van der Waals surface area contributed by atoms with Crippen molar-refractivity contribution in [1.82, 2.24) is 9.80 Å². The maximum absolute atomic E-state index is 10.9. The molecule has 0 bridgehead atoms. The number of hydrogen-bond donors (Lipinski definition) is 1. The van der Waals surface area contributed by atoms with E-state index < -0.39 is 6.09 Å². The van der Waals surface area contributed by atoms with E-state index >= 15 is 0 Å². The van der Waals surface area contributed by atoms with Crippen LogP contribution < -0.4 is 0 Å². The van der Waals surface area contributed by atoms with Crippen LogP contribution in [0.2, 0.25) is 0 Å². The first-order chi connectivity index (χ1) is 9.00. The summed E-state index contributed by atoms with van der Waals surface area (Å²) in [4.78, 5) is 14.5. The lowest BCUT2D eigenvalue weighted by Gasteiger charge is -2.33. The van der Waals surface area contributed by atoms with Gasteiger partial charge in [0.25, 0.3) is 0 Å². The Kier molecular flexibility index (Phi) is 7.16. The Bertz CT molecular complexity index is 263. The number of amides is 1. The molecule has 1 N–H and O–H groups in total. The van der Waals surface area contributed by atoms with Gasteiger partial charge in [0.05, 0.1) is 6.10 Å². The van der Waals surface area contributed by atoms with Gasteiger partial charge >= 0.3 is 6.09 Å². The van der Waals surface area contributed by atoms with E-state index in [1.165, 1.54) is 11.3 Å². The van der Waals surface area contributed by atoms with Crippen LogP contribution in [0.25, 0.3) is 0 Å². The Balaban J connectivity index is 2.08. The summed E-state index contributed by atoms with van der Waals surface area (Å²) in [5.41, 5.74) is 0. The Labute approximate surface area is 116 Å². The normalized spacial score (nSPS) is 23.6. The zero-order chi connectivity index (χ0) is 14.3. The molecule has 1 saturated carbocycles. The van der Waals surface area contributed by atoms with Gasteiger partial charge in [-0.25, -0.2) is 4.79 Å². The van der Waals surface area contributed by atoms with Crippen LogP contribution in [0.5, 0.6) is 0 Å². The molecule has 0 aliphatic heterocycles. The van der Waals surface area contributed by atoms with Crippen molar-refractivity contribution in [3.63, 3.8) is 0 Å². The molecule has 19 heavy (non-hydrogen) atoms. The molecule has 0 heterocycles. The molecule has 0 radical (unpaired) electrons. The highest BCUT2D eigenvalue weighted by molar-refractivity contribution is 5.64. The molecule has 0 aromatic heterocycles. The lowest BCUT2D eigenvalue weighted by Crippen LogP contribution is -2.39. The molecule has 1 fully saturated rings. The Morgan fingerprint density at radius 1 is 1.16 bits per heavy atom. The molecule has 0 atom stereocenters. The molecule has 0 spiro atoms. The second kappa shape index (κ2) is 8.38. The van der Waals surface area contributed by atoms with Crippen molar-refractivity contribution < 1.29 is 14.6 Å². The topological polar surface area (TPSA) is 53.0 Å². The van der Waals surface area contributed by atoms with Crippen molar-refractivity contribution in [3.8, 4) is 0 Å². The second-order valence-electron chi connectivity index (χ2n) is 5.71. The molecule has 5 heteroatoms. The average Bonchev–Trinajstić information content (AvgIpc) is 2.37. The van der Waals surface area contributed by atoms with Gasteiger partial charge < -0.3 is 19.6 Å². The Hall–Kier alpha value is -0.810. The highest BCUT2D eigenvalue weighted by Crippen LogP contribution is 2.24. The van der Waals surface area contributed by atoms with Crippen LogP contribution in [0, 0.1) is 0 Å². The average molecular weight is 272 g/mol. The fourth-order valence-electron chi connectivity index (χ4n) is 2.54. The van der Waals surface area contributed by atoms with E-state index in [9.17, 15) is 4.79 Å². The summed E-state index contributed by atoms with van der Waals surface area (Å²) in [5.74, 6) is 0. The standard InChI is InChI=1S/C14H28N2O3/c1-15(2)10-4-5-11-19-13-8-6-12(7-9-13)16(3)14(17)18/h12-13H,4-11H2,1-3H3,(H,17,18). The van der Waals surface area contributed by atoms with Crippen LogP contribution in [0.15, 0.2) is 0 Å². The number of carboxylic acid groups (broad SMARTS) is 1. The smallest absolute Gasteiger partial charge is 0.407 e. The summed E-state index contributed by atoms with van der Waals surface area (Å²) in [5, 5.41) is 8.94. The summed E-state index contributed by atoms with van der Waals surface area (Å²) in [6, 6.07) is 0.172. The molecule has 0 unspecified atom stereocenters. The lowest BCUT2D eigenvalue weighted by atomic mass is 9.92. The van der Waals surface area contributed by atoms with Gasteiger partial charge in [0.15, 0.2) is 0 Å². The van der Waals surface area contributed by atoms with Gasteiger partial charge in [-0.05, 0) is 59.2 Å². The highest BCUT2D eigenvalue weighted by Gasteiger charge is 2.26. The highest BCUT2D eigenvalue weighted by atomic mass is 16.5. The fourth-order valence-corrected chi connectivity index (χ4v) is 2.54. The van der Waals surface area contributed by atoms with Gasteiger partial charge in [-0.15, -0.1) is 0 Å². The minimum Gasteiger partial charge on any atom is -0.465 e. The van der Waals surface area contributed by atoms with Gasteiger partial charge in [-0.3, -0.25) is 0 Å². The van der Waals surface area contributed by atoms with Gasteiger partial charge in [0.2, 0.25) is 0 Å². The monoisotopic (exact) mass is 272 g/mol. The zero-order valence-electron chi connectivity index (χ0n) is 12.5. The van der Waals surface area contributed by atoms with Crippen molar-refractivity contribution >= 4 is 6.09 Å². The van der Waals surface area contributed by atoms with E-state index in [1.54, 1.807) is 7.05 Å². The van der Waals surface area contributed by atoms with Crippen molar-refractivity contribution in [3.05, 3.63) is 0 Å². The van der Waals surface area contributed by atoms with Crippen molar-refractivity contribution in [2.24, 2.45) is 0 Å². The number of nitrogens with zero attached hydrogens (tertiary/aromatic N) is 2. The van der Waals surface area contributed by atoms with Crippen LogP contribution in [-0.4, -0.2) is 67.4 Å². The van der Waals surface area contributed by atoms with Gasteiger partial charge in [-0.2, -0.15) is 0 Å². The summed E-state index contributed by atoms with van der Waals surface area (Å²) < 4.78 is 5.87. The Morgan fingerprint density at radius 2 is 1.79 bits per heavy atom. The first kappa shape index (κ1) is 16.2. The van der Waals surface area contributed by atoms with E-state index in [1.807, 2.05) is 0 Å². The van der Waals surface area contributed by atoms with Gasteiger partial charge in [0, 0.05) is 19.7 Å². The van der Waals surface area contributed by atoms with Crippen LogP contribution in [0.3, 0.4) is 0 Å². The predicted molar refractivity (Wildman–Crippen MR) is 75.6 cm³/mol. The third kappa shape index (κ3) is 6.25. The van der Waals surface area contributed by atoms with Crippen LogP contribution in [0.4, 0.5) is 4.79 Å². The molecule has 112 valence electrons. The zero-order valence-corrected chi connectivity index (χ0v) is 12.5. The number of rotatable bonds is 7. The number of ether oxygens (including phenoxy) is 1. The maximum Gasteiger partial charge on any atom is 0.407 e. The first-order valence-corrected chi connectivity index (χ1v) is 7.22. The van der Waals surface area contributed by atoms with Gasteiger partial charge in [0.1, 0.15) is 0 Å². The van der Waals surface area contributed by atoms with Crippen LogP contribution in [-0.2, 0) is 4.74 Å². The van der Waals surface area contributed by atoms with Gasteiger partial charge in [-0.1, -0.05) is 0 Å². The van der Waals surface area contributed by atoms with Crippen molar-refractivity contribution in [2.75, 3.05) is 34.3 Å². The number of hydrogen-bond acceptors (Lipinski definition) is 3. The number of carbonyl (C=O) groups is 1. The van der Waals surface area contributed by atoms with E-state index in [0.29, 0.717) is 6.10 Å². The molecule has 0 aromatic rings. The minimum absolute atomic E-state index is 0.172. The molecule has 1 rings (SSSR count). The van der Waals surface area contributed by atoms with E-state index in [4.69, 9.17) is 9.84 Å². The molecule has 0 aromatic carbocycles. The SMILES string of the molecule is CN(C)CCCCOC1CCC(N(C)C(=O)O)CC1. The third-order valence-electron chi connectivity index (χ3n) is 3.85. The molecule has 1 aliphatic carbocycles. The molecular weight excluding hydrogens is 244 g/mol. The van der Waals surface area contributed by atoms with Crippen LogP contribution in [0.1, 0.15) is 38.5 Å². The maximum atomic E-state index is 10.9. The summed E-state index contributed by atoms with van der Waals surface area (Å²) >= 11 is 0. The summed E-state index contributed by atoms with van der Waals surface area (Å²) in [6.45, 7) is 1.94.